The van der Waals surface area contributed by atoms with Crippen molar-refractivity contribution in [3.63, 3.8) is 0 Å². The van der Waals surface area contributed by atoms with Crippen molar-refractivity contribution in [2.45, 2.75) is 69.4 Å². The number of benzene rings is 3. The third kappa shape index (κ3) is 11.9. The van der Waals surface area contributed by atoms with Crippen molar-refractivity contribution in [1.82, 2.24) is 16.0 Å². The molecule has 12 heteroatoms. The molecule has 1 fully saturated rings. The van der Waals surface area contributed by atoms with Crippen molar-refractivity contribution in [3.8, 4) is 5.75 Å². The third-order valence-corrected chi connectivity index (χ3v) is 7.54. The number of rotatable bonds is 19. The van der Waals surface area contributed by atoms with Crippen molar-refractivity contribution in [3.05, 3.63) is 102 Å². The Labute approximate surface area is 272 Å². The molecule has 1 aliphatic rings. The van der Waals surface area contributed by atoms with Crippen LogP contribution in [-0.2, 0) is 48.2 Å². The van der Waals surface area contributed by atoms with Crippen LogP contribution < -0.4 is 20.7 Å². The third-order valence-electron chi connectivity index (χ3n) is 7.54. The van der Waals surface area contributed by atoms with Gasteiger partial charge in [-0.2, -0.15) is 0 Å². The van der Waals surface area contributed by atoms with E-state index in [1.807, 2.05) is 60.7 Å². The van der Waals surface area contributed by atoms with Gasteiger partial charge in [-0.1, -0.05) is 72.8 Å². The summed E-state index contributed by atoms with van der Waals surface area (Å²) in [6.45, 7) is 0.723. The first-order valence-corrected chi connectivity index (χ1v) is 15.4. The van der Waals surface area contributed by atoms with Crippen molar-refractivity contribution >= 4 is 29.7 Å². The molecule has 3 aromatic carbocycles. The lowest BCUT2D eigenvalue weighted by Crippen LogP contribution is -2.47. The van der Waals surface area contributed by atoms with Crippen LogP contribution in [0.2, 0.25) is 0 Å². The molecule has 1 heterocycles. The van der Waals surface area contributed by atoms with Gasteiger partial charge in [-0.25, -0.2) is 4.79 Å². The Hall–Kier alpha value is -5.23. The molecule has 3 amide bonds. The minimum atomic E-state index is -1.23. The largest absolute Gasteiger partial charge is 0.489 e. The van der Waals surface area contributed by atoms with Gasteiger partial charge in [-0.05, 0) is 48.1 Å². The van der Waals surface area contributed by atoms with E-state index in [1.54, 1.807) is 24.3 Å². The second kappa shape index (κ2) is 17.5. The van der Waals surface area contributed by atoms with E-state index in [2.05, 4.69) is 16.0 Å². The predicted octanol–water partition coefficient (Wildman–Crippen LogP) is 2.63. The lowest BCUT2D eigenvalue weighted by atomic mass is 10.1. The summed E-state index contributed by atoms with van der Waals surface area (Å²) in [4.78, 5) is 61.3. The molecule has 1 aliphatic heterocycles. The Morgan fingerprint density at radius 3 is 2.09 bits per heavy atom. The molecule has 0 aromatic heterocycles. The van der Waals surface area contributed by atoms with Gasteiger partial charge in [0.15, 0.2) is 6.10 Å². The van der Waals surface area contributed by atoms with Gasteiger partial charge in [0, 0.05) is 19.4 Å². The highest BCUT2D eigenvalue weighted by Gasteiger charge is 2.47. The van der Waals surface area contributed by atoms with E-state index < -0.39 is 54.0 Å². The number of nitrogens with one attached hydrogen (secondary N) is 3. The van der Waals surface area contributed by atoms with E-state index in [-0.39, 0.29) is 32.1 Å². The number of amides is 3. The first-order valence-electron chi connectivity index (χ1n) is 15.4. The van der Waals surface area contributed by atoms with Gasteiger partial charge < -0.3 is 35.6 Å². The Kier molecular flexibility index (Phi) is 12.9. The minimum absolute atomic E-state index is 0.0231. The second-order valence-electron chi connectivity index (χ2n) is 11.3. The number of hydrogen-bond donors (Lipinski definition) is 5. The number of carbonyl (C=O) groups is 5. The number of epoxide rings is 1. The summed E-state index contributed by atoms with van der Waals surface area (Å²) in [7, 11) is 0. The van der Waals surface area contributed by atoms with Gasteiger partial charge in [0.25, 0.3) is 5.91 Å². The van der Waals surface area contributed by atoms with Crippen molar-refractivity contribution < 1.29 is 43.7 Å². The smallest absolute Gasteiger partial charge is 0.326 e. The molecule has 248 valence electrons. The summed E-state index contributed by atoms with van der Waals surface area (Å²) in [6, 6.07) is 23.9. The molecule has 0 aliphatic carbocycles. The van der Waals surface area contributed by atoms with E-state index >= 15 is 0 Å². The highest BCUT2D eigenvalue weighted by atomic mass is 16.6. The maximum absolute atomic E-state index is 12.8. The minimum Gasteiger partial charge on any atom is -0.489 e. The fourth-order valence-electron chi connectivity index (χ4n) is 4.94. The summed E-state index contributed by atoms with van der Waals surface area (Å²) < 4.78 is 11.1. The molecule has 0 unspecified atom stereocenters. The number of carboxylic acid groups (broad SMARTS) is 2. The van der Waals surface area contributed by atoms with E-state index in [0.29, 0.717) is 30.9 Å². The molecular weight excluding hydrogens is 606 g/mol. The van der Waals surface area contributed by atoms with Crippen molar-refractivity contribution in [2.24, 2.45) is 0 Å². The second-order valence-corrected chi connectivity index (χ2v) is 11.3. The first-order chi connectivity index (χ1) is 22.7. The standard InChI is InChI=1S/C35H39N3O9/c39-30(37-27(12-7-13-31(40)41)33(42)36-19-18-23-8-3-1-4-9-23)21-29-32(47-29)34(43)38-28(35(44)45)20-24-14-16-26(17-15-24)46-22-25-10-5-2-6-11-25/h1-6,8-11,14-17,27-29,32H,7,12-13,18-22H2,(H,36,42)(H,37,39)(H,38,43)(H,40,41)(H,44,45)/t27-,28-,29+,32-/m0/s1. The molecule has 0 saturated carbocycles. The number of aliphatic carboxylic acids is 2. The van der Waals surface area contributed by atoms with E-state index in [1.165, 1.54) is 0 Å². The topological polar surface area (TPSA) is 184 Å². The quantitative estimate of drug-likeness (QED) is 0.122. The van der Waals surface area contributed by atoms with Gasteiger partial charge >= 0.3 is 11.9 Å². The van der Waals surface area contributed by atoms with Crippen molar-refractivity contribution in [1.29, 1.82) is 0 Å². The van der Waals surface area contributed by atoms with Gasteiger partial charge in [0.1, 0.15) is 30.5 Å². The van der Waals surface area contributed by atoms with Crippen LogP contribution in [0.3, 0.4) is 0 Å². The van der Waals surface area contributed by atoms with E-state index in [4.69, 9.17) is 14.6 Å². The lowest BCUT2D eigenvalue weighted by molar-refractivity contribution is -0.142. The SMILES string of the molecule is O=C(O)CCC[C@H](NC(=O)C[C@H]1O[C@@H]1C(=O)N[C@@H](Cc1ccc(OCc2ccccc2)cc1)C(=O)O)C(=O)NCCc1ccccc1. The van der Waals surface area contributed by atoms with Crippen LogP contribution in [0.4, 0.5) is 0 Å². The molecule has 3 aromatic rings. The molecule has 1 saturated heterocycles. The van der Waals surface area contributed by atoms with Crippen LogP contribution in [0, 0.1) is 0 Å². The van der Waals surface area contributed by atoms with Crippen LogP contribution in [-0.4, -0.2) is 70.7 Å². The highest BCUT2D eigenvalue weighted by Crippen LogP contribution is 2.26. The van der Waals surface area contributed by atoms with Crippen LogP contribution >= 0.6 is 0 Å². The number of hydrogen-bond acceptors (Lipinski definition) is 7. The van der Waals surface area contributed by atoms with Crippen LogP contribution in [0.15, 0.2) is 84.9 Å². The zero-order valence-corrected chi connectivity index (χ0v) is 25.8. The average molecular weight is 646 g/mol. The van der Waals surface area contributed by atoms with Gasteiger partial charge in [0.05, 0.1) is 6.42 Å². The summed E-state index contributed by atoms with van der Waals surface area (Å²) in [5.74, 6) is -3.26. The van der Waals surface area contributed by atoms with E-state index in [0.717, 1.165) is 11.1 Å². The van der Waals surface area contributed by atoms with Crippen LogP contribution in [0.25, 0.3) is 0 Å². The fourth-order valence-corrected chi connectivity index (χ4v) is 4.94. The molecule has 5 N–H and O–H groups in total. The first kappa shape index (κ1) is 34.6. The normalized spacial score (nSPS) is 16.3. The Morgan fingerprint density at radius 2 is 1.45 bits per heavy atom. The molecule has 0 radical (unpaired) electrons. The summed E-state index contributed by atoms with van der Waals surface area (Å²) >= 11 is 0. The summed E-state index contributed by atoms with van der Waals surface area (Å²) in [5.41, 5.74) is 2.72. The van der Waals surface area contributed by atoms with Crippen LogP contribution in [0.5, 0.6) is 5.75 Å². The molecular formula is C35H39N3O9. The Morgan fingerprint density at radius 1 is 0.787 bits per heavy atom. The number of carboxylic acids is 2. The molecule has 0 spiro atoms. The lowest BCUT2D eigenvalue weighted by Gasteiger charge is -2.18. The zero-order chi connectivity index (χ0) is 33.6. The molecule has 0 bridgehead atoms. The van der Waals surface area contributed by atoms with Gasteiger partial charge in [-0.3, -0.25) is 19.2 Å². The molecule has 4 atom stereocenters. The average Bonchev–Trinajstić information content (AvgIpc) is 3.83. The maximum atomic E-state index is 12.8. The van der Waals surface area contributed by atoms with Crippen LogP contribution in [0.1, 0.15) is 42.4 Å². The monoisotopic (exact) mass is 645 g/mol. The summed E-state index contributed by atoms with van der Waals surface area (Å²) in [5, 5.41) is 26.6. The van der Waals surface area contributed by atoms with Crippen molar-refractivity contribution in [2.75, 3.05) is 6.54 Å². The predicted molar refractivity (Wildman–Crippen MR) is 170 cm³/mol. The van der Waals surface area contributed by atoms with E-state index in [9.17, 15) is 29.1 Å². The van der Waals surface area contributed by atoms with Gasteiger partial charge in [-0.15, -0.1) is 0 Å². The number of ether oxygens (including phenoxy) is 2. The summed E-state index contributed by atoms with van der Waals surface area (Å²) in [6.07, 6.45) is -1.28. The highest BCUT2D eigenvalue weighted by molar-refractivity contribution is 5.91. The molecule has 12 nitrogen and oxygen atoms in total. The molecule has 4 rings (SSSR count). The Balaban J connectivity index is 1.22. The maximum Gasteiger partial charge on any atom is 0.326 e. The Bertz CT molecular complexity index is 1500. The van der Waals surface area contributed by atoms with Gasteiger partial charge in [0.2, 0.25) is 11.8 Å². The molecule has 47 heavy (non-hydrogen) atoms. The number of carbonyl (C=O) groups excluding carboxylic acids is 3. The fraction of sp³-hybridized carbons (Fsp3) is 0.343. The zero-order valence-electron chi connectivity index (χ0n) is 25.8.